The molecule has 1 aliphatic carbocycles. The Morgan fingerprint density at radius 3 is 2.57 bits per heavy atom. The number of hydrogen-bond donors (Lipinski definition) is 0. The maximum Gasteiger partial charge on any atom is 0.357 e. The van der Waals surface area contributed by atoms with E-state index in [2.05, 4.69) is 15.5 Å². The van der Waals surface area contributed by atoms with Gasteiger partial charge in [0.15, 0.2) is 18.1 Å². The van der Waals surface area contributed by atoms with Crippen LogP contribution in [-0.4, -0.2) is 56.7 Å². The van der Waals surface area contributed by atoms with Crippen LogP contribution in [0.1, 0.15) is 43.5 Å². The number of amides is 1. The topological polar surface area (TPSA) is 90.2 Å². The number of aromatic nitrogens is 4. The van der Waals surface area contributed by atoms with Gasteiger partial charge in [-0.1, -0.05) is 49.6 Å². The van der Waals surface area contributed by atoms with Crippen molar-refractivity contribution in [2.75, 3.05) is 13.7 Å². The smallest absolute Gasteiger partial charge is 0.357 e. The Kier molecular flexibility index (Phi) is 6.52. The number of tetrazole rings is 1. The van der Waals surface area contributed by atoms with Crippen molar-refractivity contribution in [1.82, 2.24) is 25.1 Å². The minimum absolute atomic E-state index is 0.154. The molecular formula is C20H25N5O3. The lowest BCUT2D eigenvalue weighted by molar-refractivity contribution is -0.148. The van der Waals surface area contributed by atoms with E-state index in [4.69, 9.17) is 4.74 Å². The predicted molar refractivity (Wildman–Crippen MR) is 104 cm³/mol. The van der Waals surface area contributed by atoms with E-state index >= 15 is 0 Å². The molecule has 0 unspecified atom stereocenters. The molecule has 0 radical (unpaired) electrons. The third-order valence-electron chi connectivity index (χ3n) is 5.01. The molecule has 8 heteroatoms. The minimum atomic E-state index is -0.648. The number of carbonyl (C=O) groups excluding carboxylic acids is 2. The van der Waals surface area contributed by atoms with Gasteiger partial charge in [0.05, 0.1) is 0 Å². The summed E-state index contributed by atoms with van der Waals surface area (Å²) in [4.78, 5) is 26.9. The number of hydrogen-bond acceptors (Lipinski definition) is 6. The molecule has 1 fully saturated rings. The number of rotatable bonds is 6. The Balaban J connectivity index is 1.70. The number of nitrogens with zero attached hydrogens (tertiary/aromatic N) is 5. The van der Waals surface area contributed by atoms with E-state index in [-0.39, 0.29) is 24.3 Å². The lowest BCUT2D eigenvalue weighted by Crippen LogP contribution is -2.40. The molecule has 1 amide bonds. The highest BCUT2D eigenvalue weighted by atomic mass is 16.5. The van der Waals surface area contributed by atoms with Crippen molar-refractivity contribution in [2.45, 2.75) is 45.1 Å². The normalized spacial score (nSPS) is 15.3. The summed E-state index contributed by atoms with van der Waals surface area (Å²) < 4.78 is 6.62. The first-order valence-corrected chi connectivity index (χ1v) is 9.51. The fraction of sp³-hybridized carbons (Fsp3) is 0.450. The number of ether oxygens (including phenoxy) is 1. The standard InChI is InChI=1S/C20H25N5O3/c1-15-21-22-23-25(15)18(13-16-9-5-3-6-10-16)20(27)28-14-19(26)24(2)17-11-7-4-8-12-17/h3,5-6,9-10,13,17H,4,7-8,11-12,14H2,1-2H3/b18-13-. The van der Waals surface area contributed by atoms with Crippen LogP contribution in [0.15, 0.2) is 30.3 Å². The number of benzene rings is 1. The SMILES string of the molecule is Cc1nnnn1/C(=C\c1ccccc1)C(=O)OCC(=O)N(C)C1CCCCC1. The number of aryl methyl sites for hydroxylation is 1. The van der Waals surface area contributed by atoms with Crippen molar-refractivity contribution in [3.05, 3.63) is 41.7 Å². The summed E-state index contributed by atoms with van der Waals surface area (Å²) in [5, 5.41) is 11.3. The summed E-state index contributed by atoms with van der Waals surface area (Å²) in [6, 6.07) is 9.55. The second kappa shape index (κ2) is 9.25. The van der Waals surface area contributed by atoms with Gasteiger partial charge in [0.1, 0.15) is 0 Å². The van der Waals surface area contributed by atoms with Gasteiger partial charge in [-0.2, -0.15) is 4.68 Å². The molecule has 0 aliphatic heterocycles. The van der Waals surface area contributed by atoms with Crippen molar-refractivity contribution in [3.8, 4) is 0 Å². The lowest BCUT2D eigenvalue weighted by atomic mass is 9.94. The molecule has 1 aromatic carbocycles. The van der Waals surface area contributed by atoms with Gasteiger partial charge in [-0.25, -0.2) is 4.79 Å². The Morgan fingerprint density at radius 1 is 1.21 bits per heavy atom. The first-order chi connectivity index (χ1) is 13.6. The second-order valence-corrected chi connectivity index (χ2v) is 6.95. The largest absolute Gasteiger partial charge is 0.451 e. The van der Waals surface area contributed by atoms with E-state index in [9.17, 15) is 9.59 Å². The van der Waals surface area contributed by atoms with E-state index < -0.39 is 5.97 Å². The first kappa shape index (κ1) is 19.7. The molecule has 1 aromatic heterocycles. The molecule has 0 N–H and O–H groups in total. The fourth-order valence-electron chi connectivity index (χ4n) is 3.34. The van der Waals surface area contributed by atoms with E-state index in [1.807, 2.05) is 30.3 Å². The van der Waals surface area contributed by atoms with E-state index in [1.54, 1.807) is 24.9 Å². The minimum Gasteiger partial charge on any atom is -0.451 e. The van der Waals surface area contributed by atoms with Gasteiger partial charge in [0.2, 0.25) is 0 Å². The summed E-state index contributed by atoms with van der Waals surface area (Å²) in [5.74, 6) is -0.401. The lowest BCUT2D eigenvalue weighted by Gasteiger charge is -2.31. The zero-order chi connectivity index (χ0) is 19.9. The Morgan fingerprint density at radius 2 is 1.93 bits per heavy atom. The Labute approximate surface area is 164 Å². The number of carbonyl (C=O) groups is 2. The van der Waals surface area contributed by atoms with Crippen molar-refractivity contribution >= 4 is 23.6 Å². The van der Waals surface area contributed by atoms with Crippen LogP contribution in [0.5, 0.6) is 0 Å². The third-order valence-corrected chi connectivity index (χ3v) is 5.01. The maximum absolute atomic E-state index is 12.7. The van der Waals surface area contributed by atoms with Crippen molar-refractivity contribution in [1.29, 1.82) is 0 Å². The highest BCUT2D eigenvalue weighted by Crippen LogP contribution is 2.21. The van der Waals surface area contributed by atoms with Crippen molar-refractivity contribution in [3.63, 3.8) is 0 Å². The summed E-state index contributed by atoms with van der Waals surface area (Å²) >= 11 is 0. The molecule has 8 nitrogen and oxygen atoms in total. The van der Waals surface area contributed by atoms with Gasteiger partial charge in [0.25, 0.3) is 5.91 Å². The average Bonchev–Trinajstić information content (AvgIpc) is 3.16. The molecule has 148 valence electrons. The molecule has 0 spiro atoms. The van der Waals surface area contributed by atoms with E-state index in [0.717, 1.165) is 31.2 Å². The fourth-order valence-corrected chi connectivity index (χ4v) is 3.34. The Hall–Kier alpha value is -3.03. The van der Waals surface area contributed by atoms with Crippen molar-refractivity contribution < 1.29 is 14.3 Å². The summed E-state index contributed by atoms with van der Waals surface area (Å²) in [5.41, 5.74) is 0.955. The van der Waals surface area contributed by atoms with Gasteiger partial charge < -0.3 is 9.64 Å². The molecule has 0 atom stereocenters. The Bertz CT molecular complexity index is 841. The van der Waals surface area contributed by atoms with Gasteiger partial charge >= 0.3 is 5.97 Å². The number of esters is 1. The second-order valence-electron chi connectivity index (χ2n) is 6.95. The monoisotopic (exact) mass is 383 g/mol. The molecule has 1 aliphatic rings. The van der Waals surface area contributed by atoms with Gasteiger partial charge in [-0.15, -0.1) is 5.10 Å². The van der Waals surface area contributed by atoms with Crippen LogP contribution in [0.2, 0.25) is 0 Å². The van der Waals surface area contributed by atoms with Crippen LogP contribution < -0.4 is 0 Å². The maximum atomic E-state index is 12.7. The highest BCUT2D eigenvalue weighted by Gasteiger charge is 2.24. The molecule has 3 rings (SSSR count). The van der Waals surface area contributed by atoms with Gasteiger partial charge in [-0.05, 0) is 41.8 Å². The van der Waals surface area contributed by atoms with Crippen LogP contribution in [0.25, 0.3) is 11.8 Å². The first-order valence-electron chi connectivity index (χ1n) is 9.51. The van der Waals surface area contributed by atoms with Crippen LogP contribution in [-0.2, 0) is 14.3 Å². The summed E-state index contributed by atoms with van der Waals surface area (Å²) in [6.07, 6.45) is 7.11. The molecule has 1 heterocycles. The summed E-state index contributed by atoms with van der Waals surface area (Å²) in [6.45, 7) is 1.38. The van der Waals surface area contributed by atoms with E-state index in [0.29, 0.717) is 5.82 Å². The number of likely N-dealkylation sites (N-methyl/N-ethyl adjacent to an activating group) is 1. The van der Waals surface area contributed by atoms with Crippen LogP contribution in [0, 0.1) is 6.92 Å². The van der Waals surface area contributed by atoms with Gasteiger partial charge in [0, 0.05) is 13.1 Å². The predicted octanol–water partition coefficient (Wildman–Crippen LogP) is 2.31. The van der Waals surface area contributed by atoms with Crippen molar-refractivity contribution in [2.24, 2.45) is 0 Å². The van der Waals surface area contributed by atoms with Gasteiger partial charge in [-0.3, -0.25) is 4.79 Å². The molecule has 28 heavy (non-hydrogen) atoms. The third kappa shape index (κ3) is 4.82. The van der Waals surface area contributed by atoms with Crippen LogP contribution >= 0.6 is 0 Å². The average molecular weight is 383 g/mol. The highest BCUT2D eigenvalue weighted by molar-refractivity contribution is 6.15. The molecule has 2 aromatic rings. The van der Waals surface area contributed by atoms with Crippen LogP contribution in [0.3, 0.4) is 0 Å². The summed E-state index contributed by atoms with van der Waals surface area (Å²) in [7, 11) is 1.78. The molecule has 1 saturated carbocycles. The van der Waals surface area contributed by atoms with Crippen LogP contribution in [0.4, 0.5) is 0 Å². The quantitative estimate of drug-likeness (QED) is 0.562. The zero-order valence-corrected chi connectivity index (χ0v) is 16.2. The molecule has 0 bridgehead atoms. The zero-order valence-electron chi connectivity index (χ0n) is 16.2. The molecule has 0 saturated heterocycles. The van der Waals surface area contributed by atoms with E-state index in [1.165, 1.54) is 11.1 Å². The molecular weight excluding hydrogens is 358 g/mol.